The Morgan fingerprint density at radius 2 is 2.05 bits per heavy atom. The molecule has 0 aliphatic carbocycles. The van der Waals surface area contributed by atoms with Crippen molar-refractivity contribution in [1.29, 1.82) is 0 Å². The van der Waals surface area contributed by atoms with E-state index >= 15 is 0 Å². The normalized spacial score (nSPS) is 26.4. The maximum atomic E-state index is 12.4. The van der Waals surface area contributed by atoms with Gasteiger partial charge in [0.15, 0.2) is 16.4 Å². The van der Waals surface area contributed by atoms with E-state index in [9.17, 15) is 13.2 Å². The largest absolute Gasteiger partial charge is 0.337 e. The van der Waals surface area contributed by atoms with Gasteiger partial charge in [-0.3, -0.25) is 4.79 Å². The van der Waals surface area contributed by atoms with Crippen molar-refractivity contribution in [2.75, 3.05) is 31.6 Å². The highest BCUT2D eigenvalue weighted by Crippen LogP contribution is 2.16. The van der Waals surface area contributed by atoms with Crippen molar-refractivity contribution in [3.05, 3.63) is 35.4 Å². The highest BCUT2D eigenvalue weighted by molar-refractivity contribution is 7.91. The second-order valence-electron chi connectivity index (χ2n) is 6.43. The molecule has 2 aliphatic heterocycles. The minimum Gasteiger partial charge on any atom is -0.337 e. The Labute approximate surface area is 131 Å². The van der Waals surface area contributed by atoms with Crippen LogP contribution in [0.25, 0.3) is 0 Å². The molecule has 3 rings (SSSR count). The first-order valence-electron chi connectivity index (χ1n) is 7.81. The summed E-state index contributed by atoms with van der Waals surface area (Å²) in [5, 5.41) is 0. The second-order valence-corrected chi connectivity index (χ2v) is 8.66. The van der Waals surface area contributed by atoms with Crippen molar-refractivity contribution in [1.82, 2.24) is 4.90 Å². The molecule has 1 amide bonds. The summed E-state index contributed by atoms with van der Waals surface area (Å²) in [4.78, 5) is 15.3. The van der Waals surface area contributed by atoms with Gasteiger partial charge in [-0.1, -0.05) is 24.3 Å². The van der Waals surface area contributed by atoms with Crippen LogP contribution in [-0.4, -0.2) is 56.9 Å². The van der Waals surface area contributed by atoms with E-state index in [-0.39, 0.29) is 23.5 Å². The summed E-state index contributed by atoms with van der Waals surface area (Å²) in [6.45, 7) is 2.28. The lowest BCUT2D eigenvalue weighted by Crippen LogP contribution is -3.12. The summed E-state index contributed by atoms with van der Waals surface area (Å²) in [6.07, 6.45) is 1.57. The number of carbonyl (C=O) groups is 1. The number of nitrogens with zero attached hydrogens (tertiary/aromatic N) is 1. The van der Waals surface area contributed by atoms with Gasteiger partial charge in [-0.15, -0.1) is 0 Å². The van der Waals surface area contributed by atoms with Crippen LogP contribution < -0.4 is 4.90 Å². The molecule has 0 spiro atoms. The fourth-order valence-electron chi connectivity index (χ4n) is 3.42. The minimum absolute atomic E-state index is 0.0523. The van der Waals surface area contributed by atoms with E-state index in [1.807, 2.05) is 6.07 Å². The average Bonchev–Trinajstić information content (AvgIpc) is 2.86. The Hall–Kier alpha value is -1.40. The number of benzene rings is 1. The third-order valence-corrected chi connectivity index (χ3v) is 6.61. The summed E-state index contributed by atoms with van der Waals surface area (Å²) in [5.41, 5.74) is 2.71. The number of sulfone groups is 1. The Bertz CT molecular complexity index is 672. The van der Waals surface area contributed by atoms with Crippen molar-refractivity contribution < 1.29 is 18.1 Å². The maximum absolute atomic E-state index is 12.4. The maximum Gasteiger partial charge on any atom is 0.277 e. The van der Waals surface area contributed by atoms with Crippen LogP contribution >= 0.6 is 0 Å². The van der Waals surface area contributed by atoms with Crippen LogP contribution in [-0.2, 0) is 27.6 Å². The number of fused-ring (bicyclic) bond motifs is 1. The molecular formula is C16H23N2O3S+. The summed E-state index contributed by atoms with van der Waals surface area (Å²) in [7, 11) is -1.21. The zero-order chi connectivity index (χ0) is 15.7. The fourth-order valence-corrected chi connectivity index (χ4v) is 5.19. The molecule has 0 aromatic heterocycles. The number of carbonyl (C=O) groups excluding carboxylic acids is 1. The van der Waals surface area contributed by atoms with Crippen LogP contribution in [0, 0.1) is 0 Å². The van der Waals surface area contributed by atoms with Gasteiger partial charge in [0.25, 0.3) is 5.91 Å². The zero-order valence-corrected chi connectivity index (χ0v) is 13.7. The van der Waals surface area contributed by atoms with Gasteiger partial charge >= 0.3 is 0 Å². The monoisotopic (exact) mass is 323 g/mol. The SMILES string of the molecule is CN(C(=O)C[NH+]1CCc2ccccc2C1)[C@@H]1CCS(=O)(=O)C1. The standard InChI is InChI=1S/C16H22N2O3S/c1-17(15-7-9-22(20,21)12-15)16(19)11-18-8-6-13-4-2-3-5-14(13)10-18/h2-5,15H,6-12H2,1H3/p+1/t15-/m1/s1. The van der Waals surface area contributed by atoms with Crippen LogP contribution in [0.5, 0.6) is 0 Å². The molecule has 1 aromatic rings. The van der Waals surface area contributed by atoms with Gasteiger partial charge in [0.2, 0.25) is 0 Å². The van der Waals surface area contributed by atoms with Gasteiger partial charge in [-0.2, -0.15) is 0 Å². The number of likely N-dealkylation sites (N-methyl/N-ethyl adjacent to an activating group) is 1. The first-order valence-corrected chi connectivity index (χ1v) is 9.63. The molecule has 2 atom stereocenters. The highest BCUT2D eigenvalue weighted by atomic mass is 32.2. The van der Waals surface area contributed by atoms with Crippen molar-refractivity contribution in [2.24, 2.45) is 0 Å². The van der Waals surface area contributed by atoms with Gasteiger partial charge in [-0.25, -0.2) is 8.42 Å². The lowest BCUT2D eigenvalue weighted by Gasteiger charge is -2.29. The fraction of sp³-hybridized carbons (Fsp3) is 0.562. The molecule has 0 saturated carbocycles. The van der Waals surface area contributed by atoms with E-state index in [1.54, 1.807) is 11.9 Å². The molecule has 5 nitrogen and oxygen atoms in total. The Kier molecular flexibility index (Phi) is 4.23. The molecule has 1 fully saturated rings. The molecular weight excluding hydrogens is 300 g/mol. The van der Waals surface area contributed by atoms with E-state index in [0.29, 0.717) is 13.0 Å². The Morgan fingerprint density at radius 1 is 1.32 bits per heavy atom. The van der Waals surface area contributed by atoms with Crippen LogP contribution in [0.2, 0.25) is 0 Å². The van der Waals surface area contributed by atoms with Crippen molar-refractivity contribution in [2.45, 2.75) is 25.4 Å². The van der Waals surface area contributed by atoms with E-state index < -0.39 is 9.84 Å². The van der Waals surface area contributed by atoms with Crippen LogP contribution in [0.4, 0.5) is 0 Å². The molecule has 1 unspecified atom stereocenters. The predicted molar refractivity (Wildman–Crippen MR) is 84.4 cm³/mol. The zero-order valence-electron chi connectivity index (χ0n) is 12.9. The number of rotatable bonds is 3. The summed E-state index contributed by atoms with van der Waals surface area (Å²) >= 11 is 0. The molecule has 2 heterocycles. The van der Waals surface area contributed by atoms with Gasteiger partial charge in [0.1, 0.15) is 6.54 Å². The first-order chi connectivity index (χ1) is 10.4. The van der Waals surface area contributed by atoms with Gasteiger partial charge in [0, 0.05) is 25.1 Å². The van der Waals surface area contributed by atoms with E-state index in [0.717, 1.165) is 19.5 Å². The number of hydrogen-bond acceptors (Lipinski definition) is 3. The van der Waals surface area contributed by atoms with Crippen molar-refractivity contribution >= 4 is 15.7 Å². The van der Waals surface area contributed by atoms with Crippen molar-refractivity contribution in [3.8, 4) is 0 Å². The lowest BCUT2D eigenvalue weighted by atomic mass is 10.00. The molecule has 0 bridgehead atoms. The smallest absolute Gasteiger partial charge is 0.277 e. The third-order valence-electron chi connectivity index (χ3n) is 4.86. The third kappa shape index (κ3) is 3.33. The lowest BCUT2D eigenvalue weighted by molar-refractivity contribution is -0.908. The average molecular weight is 323 g/mol. The molecule has 1 N–H and O–H groups in total. The van der Waals surface area contributed by atoms with Gasteiger partial charge in [0.05, 0.1) is 18.1 Å². The quantitative estimate of drug-likeness (QED) is 0.798. The molecule has 120 valence electrons. The van der Waals surface area contributed by atoms with Crippen LogP contribution in [0.3, 0.4) is 0 Å². The van der Waals surface area contributed by atoms with Crippen molar-refractivity contribution in [3.63, 3.8) is 0 Å². The van der Waals surface area contributed by atoms with Gasteiger partial charge in [-0.05, 0) is 12.0 Å². The summed E-state index contributed by atoms with van der Waals surface area (Å²) in [5.74, 6) is 0.378. The molecule has 0 radical (unpaired) electrons. The van der Waals surface area contributed by atoms with Gasteiger partial charge < -0.3 is 9.80 Å². The van der Waals surface area contributed by atoms with E-state index in [4.69, 9.17) is 0 Å². The molecule has 1 aromatic carbocycles. The van der Waals surface area contributed by atoms with E-state index in [2.05, 4.69) is 18.2 Å². The minimum atomic E-state index is -2.95. The first kappa shape index (κ1) is 15.5. The summed E-state index contributed by atoms with van der Waals surface area (Å²) < 4.78 is 23.1. The Balaban J connectivity index is 1.59. The highest BCUT2D eigenvalue weighted by Gasteiger charge is 2.34. The Morgan fingerprint density at radius 3 is 2.73 bits per heavy atom. The predicted octanol–water partition coefficient (Wildman–Crippen LogP) is -0.727. The molecule has 2 aliphatic rings. The molecule has 22 heavy (non-hydrogen) atoms. The topological polar surface area (TPSA) is 58.9 Å². The number of hydrogen-bond donors (Lipinski definition) is 1. The summed E-state index contributed by atoms with van der Waals surface area (Å²) in [6, 6.07) is 8.24. The molecule has 6 heteroatoms. The van der Waals surface area contributed by atoms with Crippen LogP contribution in [0.15, 0.2) is 24.3 Å². The number of nitrogens with one attached hydrogen (secondary N) is 1. The van der Waals surface area contributed by atoms with Crippen LogP contribution in [0.1, 0.15) is 17.5 Å². The number of amides is 1. The molecule has 1 saturated heterocycles. The number of quaternary nitrogens is 1. The van der Waals surface area contributed by atoms with E-state index in [1.165, 1.54) is 16.0 Å². The second kappa shape index (κ2) is 6.01.